The summed E-state index contributed by atoms with van der Waals surface area (Å²) in [4.78, 5) is 13.4. The van der Waals surface area contributed by atoms with Crippen molar-refractivity contribution in [2.24, 2.45) is 0 Å². The second kappa shape index (κ2) is 6.58. The summed E-state index contributed by atoms with van der Waals surface area (Å²) in [6, 6.07) is 13.8. The smallest absolute Gasteiger partial charge is 0.332 e. The number of esters is 1. The molecule has 112 valence electrons. The summed E-state index contributed by atoms with van der Waals surface area (Å²) >= 11 is 1.66. The molecule has 5 heteroatoms. The van der Waals surface area contributed by atoms with Gasteiger partial charge in [-0.1, -0.05) is 23.9 Å². The number of carbonyl (C=O) groups excluding carboxylic acids is 1. The van der Waals surface area contributed by atoms with E-state index >= 15 is 0 Å². The lowest BCUT2D eigenvalue weighted by molar-refractivity contribution is -0.137. The first kappa shape index (κ1) is 14.5. The van der Waals surface area contributed by atoms with Crippen LogP contribution in [0.1, 0.15) is 6.92 Å². The van der Waals surface area contributed by atoms with Crippen LogP contribution in [0.5, 0.6) is 11.5 Å². The molecule has 4 nitrogen and oxygen atoms in total. The number of carbonyl (C=O) groups is 1. The van der Waals surface area contributed by atoms with Crippen LogP contribution in [-0.4, -0.2) is 12.6 Å². The number of hydrogen-bond acceptors (Lipinski definition) is 5. The van der Waals surface area contributed by atoms with Crippen LogP contribution in [0.25, 0.3) is 0 Å². The van der Waals surface area contributed by atoms with Crippen LogP contribution in [0.3, 0.4) is 0 Å². The third-order valence-electron chi connectivity index (χ3n) is 2.99. The van der Waals surface area contributed by atoms with Crippen LogP contribution in [0.4, 0.5) is 5.69 Å². The molecule has 1 aliphatic heterocycles. The van der Waals surface area contributed by atoms with Crippen molar-refractivity contribution in [2.45, 2.75) is 16.7 Å². The number of nitrogens with one attached hydrogen (secondary N) is 1. The molecule has 0 fully saturated rings. The molecule has 2 aromatic rings. The van der Waals surface area contributed by atoms with E-state index in [-0.39, 0.29) is 5.97 Å². The molecule has 0 spiro atoms. The zero-order chi connectivity index (χ0) is 15.4. The summed E-state index contributed by atoms with van der Waals surface area (Å²) < 4.78 is 10.7. The van der Waals surface area contributed by atoms with Gasteiger partial charge in [0.15, 0.2) is 0 Å². The molecule has 0 aromatic heterocycles. The number of hydrogen-bond donors (Lipinski definition) is 1. The minimum atomic E-state index is -0.361. The van der Waals surface area contributed by atoms with E-state index in [4.69, 9.17) is 9.47 Å². The van der Waals surface area contributed by atoms with Gasteiger partial charge in [-0.3, -0.25) is 0 Å². The monoisotopic (exact) mass is 313 g/mol. The maximum absolute atomic E-state index is 11.2. The van der Waals surface area contributed by atoms with Gasteiger partial charge >= 0.3 is 5.97 Å². The van der Waals surface area contributed by atoms with Crippen molar-refractivity contribution in [3.8, 4) is 11.5 Å². The summed E-state index contributed by atoms with van der Waals surface area (Å²) in [6.45, 7) is 2.15. The van der Waals surface area contributed by atoms with Crippen molar-refractivity contribution in [1.82, 2.24) is 0 Å². The fourth-order valence-electron chi connectivity index (χ4n) is 2.01. The van der Waals surface area contributed by atoms with Crippen molar-refractivity contribution in [3.63, 3.8) is 0 Å². The summed E-state index contributed by atoms with van der Waals surface area (Å²) in [6.07, 6.45) is 2.93. The van der Waals surface area contributed by atoms with E-state index in [0.29, 0.717) is 6.61 Å². The maximum atomic E-state index is 11.2. The third kappa shape index (κ3) is 3.26. The van der Waals surface area contributed by atoms with Gasteiger partial charge in [-0.05, 0) is 37.3 Å². The number of fused-ring (bicyclic) bond motifs is 2. The molecule has 0 atom stereocenters. The molecule has 0 bridgehead atoms. The van der Waals surface area contributed by atoms with Crippen LogP contribution in [-0.2, 0) is 9.53 Å². The third-order valence-corrected chi connectivity index (χ3v) is 4.08. The van der Waals surface area contributed by atoms with Crippen molar-refractivity contribution < 1.29 is 14.3 Å². The Labute approximate surface area is 133 Å². The van der Waals surface area contributed by atoms with E-state index in [1.54, 1.807) is 24.9 Å². The van der Waals surface area contributed by atoms with Crippen LogP contribution < -0.4 is 10.1 Å². The lowest BCUT2D eigenvalue weighted by atomic mass is 10.3. The van der Waals surface area contributed by atoms with E-state index in [2.05, 4.69) is 5.32 Å². The predicted molar refractivity (Wildman–Crippen MR) is 86.5 cm³/mol. The van der Waals surface area contributed by atoms with Gasteiger partial charge in [0.05, 0.1) is 16.4 Å². The summed E-state index contributed by atoms with van der Waals surface area (Å²) in [5.41, 5.74) is 0.884. The van der Waals surface area contributed by atoms with Crippen LogP contribution in [0.2, 0.25) is 0 Å². The largest absolute Gasteiger partial charge is 0.463 e. The average molecular weight is 313 g/mol. The van der Waals surface area contributed by atoms with Gasteiger partial charge in [-0.15, -0.1) is 0 Å². The first-order valence-corrected chi connectivity index (χ1v) is 7.76. The first-order chi connectivity index (χ1) is 10.8. The van der Waals surface area contributed by atoms with Crippen LogP contribution >= 0.6 is 11.8 Å². The minimum absolute atomic E-state index is 0.361. The Balaban J connectivity index is 1.72. The normalized spacial score (nSPS) is 12.2. The molecule has 3 rings (SSSR count). The molecule has 0 amide bonds. The summed E-state index contributed by atoms with van der Waals surface area (Å²) in [7, 11) is 0. The quantitative estimate of drug-likeness (QED) is 0.570. The van der Waals surface area contributed by atoms with Crippen molar-refractivity contribution in [3.05, 3.63) is 54.7 Å². The predicted octanol–water partition coefficient (Wildman–Crippen LogP) is 4.43. The highest BCUT2D eigenvalue weighted by molar-refractivity contribution is 7.99. The van der Waals surface area contributed by atoms with E-state index in [1.807, 2.05) is 42.5 Å². The Bertz CT molecular complexity index is 728. The van der Waals surface area contributed by atoms with Crippen molar-refractivity contribution in [2.75, 3.05) is 11.9 Å². The van der Waals surface area contributed by atoms with Gasteiger partial charge in [0.25, 0.3) is 0 Å². The Kier molecular flexibility index (Phi) is 4.34. The molecule has 1 aliphatic rings. The van der Waals surface area contributed by atoms with Gasteiger partial charge in [-0.2, -0.15) is 0 Å². The van der Waals surface area contributed by atoms with Gasteiger partial charge in [0.2, 0.25) is 0 Å². The van der Waals surface area contributed by atoms with Crippen molar-refractivity contribution in [1.29, 1.82) is 0 Å². The molecule has 1 N–H and O–H groups in total. The standard InChI is InChI=1S/C17H15NO3S/c1-2-20-17(19)9-10-18-12-7-8-14-16(11-12)22-15-6-4-3-5-13(15)21-14/h3-11,18H,2H2,1H3/b10-9+. The lowest BCUT2D eigenvalue weighted by Crippen LogP contribution is -2.00. The van der Waals surface area contributed by atoms with E-state index in [9.17, 15) is 4.79 Å². The second-order valence-corrected chi connectivity index (χ2v) is 5.63. The highest BCUT2D eigenvalue weighted by atomic mass is 32.2. The first-order valence-electron chi connectivity index (χ1n) is 6.95. The Morgan fingerprint density at radius 2 is 2.05 bits per heavy atom. The van der Waals surface area contributed by atoms with Gasteiger partial charge in [0, 0.05) is 18.0 Å². The molecule has 0 unspecified atom stereocenters. The highest BCUT2D eigenvalue weighted by Crippen LogP contribution is 2.47. The molecule has 0 saturated carbocycles. The van der Waals surface area contributed by atoms with Crippen LogP contribution in [0.15, 0.2) is 64.5 Å². The molecule has 22 heavy (non-hydrogen) atoms. The number of para-hydroxylation sites is 1. The number of ether oxygens (including phenoxy) is 2. The topological polar surface area (TPSA) is 47.6 Å². The van der Waals surface area contributed by atoms with E-state index in [1.165, 1.54) is 6.08 Å². The summed E-state index contributed by atoms with van der Waals surface area (Å²) in [5.74, 6) is 1.35. The van der Waals surface area contributed by atoms with Gasteiger partial charge in [-0.25, -0.2) is 4.79 Å². The molecule has 0 radical (unpaired) electrons. The second-order valence-electron chi connectivity index (χ2n) is 4.54. The SMILES string of the molecule is CCOC(=O)/C=C/Nc1ccc2c(c1)Sc1ccccc1O2. The fourth-order valence-corrected chi connectivity index (χ4v) is 3.00. The highest BCUT2D eigenvalue weighted by Gasteiger charge is 2.17. The van der Waals surface area contributed by atoms with Gasteiger partial charge in [0.1, 0.15) is 11.5 Å². The van der Waals surface area contributed by atoms with Gasteiger partial charge < -0.3 is 14.8 Å². The molecule has 0 aliphatic carbocycles. The number of rotatable bonds is 4. The zero-order valence-electron chi connectivity index (χ0n) is 12.0. The van der Waals surface area contributed by atoms with Crippen LogP contribution in [0, 0.1) is 0 Å². The average Bonchev–Trinajstić information content (AvgIpc) is 2.53. The number of benzene rings is 2. The van der Waals surface area contributed by atoms with Crippen molar-refractivity contribution >= 4 is 23.4 Å². The molecular formula is C17H15NO3S. The fraction of sp³-hybridized carbons (Fsp3) is 0.118. The summed E-state index contributed by atoms with van der Waals surface area (Å²) in [5, 5.41) is 3.06. The molecule has 0 saturated heterocycles. The Morgan fingerprint density at radius 3 is 2.91 bits per heavy atom. The minimum Gasteiger partial charge on any atom is -0.463 e. The molecular weight excluding hydrogens is 298 g/mol. The Morgan fingerprint density at radius 1 is 1.23 bits per heavy atom. The Hall–Kier alpha value is -2.40. The zero-order valence-corrected chi connectivity index (χ0v) is 12.9. The molecule has 2 aromatic carbocycles. The maximum Gasteiger partial charge on any atom is 0.332 e. The van der Waals surface area contributed by atoms with E-state index in [0.717, 1.165) is 27.0 Å². The number of anilines is 1. The molecule has 1 heterocycles. The van der Waals surface area contributed by atoms with E-state index < -0.39 is 0 Å². The lowest BCUT2D eigenvalue weighted by Gasteiger charge is -2.19.